The number of aryl methyl sites for hydroxylation is 1. The number of carbonyl (C=O) groups excluding carboxylic acids is 3. The van der Waals surface area contributed by atoms with E-state index < -0.39 is 17.9 Å². The van der Waals surface area contributed by atoms with Crippen LogP contribution in [0.15, 0.2) is 72.8 Å². The summed E-state index contributed by atoms with van der Waals surface area (Å²) in [7, 11) is 0. The van der Waals surface area contributed by atoms with Crippen molar-refractivity contribution >= 4 is 58.0 Å². The number of rotatable bonds is 6. The third-order valence-corrected chi connectivity index (χ3v) is 6.93. The van der Waals surface area contributed by atoms with Crippen LogP contribution < -0.4 is 15.6 Å². The van der Waals surface area contributed by atoms with Crippen LogP contribution in [0.25, 0.3) is 0 Å². The molecule has 37 heavy (non-hydrogen) atoms. The molecule has 3 aromatic carbocycles. The van der Waals surface area contributed by atoms with E-state index in [4.69, 9.17) is 23.8 Å². The summed E-state index contributed by atoms with van der Waals surface area (Å²) < 4.78 is 0. The van der Waals surface area contributed by atoms with Crippen LogP contribution >= 0.6 is 23.8 Å². The van der Waals surface area contributed by atoms with Gasteiger partial charge < -0.3 is 5.32 Å². The van der Waals surface area contributed by atoms with E-state index in [2.05, 4.69) is 24.6 Å². The zero-order chi connectivity index (χ0) is 26.7. The first kappa shape index (κ1) is 26.3. The number of nitrogens with zero attached hydrogens (tertiary/aromatic N) is 2. The Morgan fingerprint density at radius 1 is 1.03 bits per heavy atom. The molecule has 1 saturated heterocycles. The molecule has 3 aromatic rings. The monoisotopic (exact) mass is 534 g/mol. The fraction of sp³-hybridized carbons (Fsp3) is 0.214. The van der Waals surface area contributed by atoms with Gasteiger partial charge >= 0.3 is 0 Å². The maximum absolute atomic E-state index is 13.4. The molecule has 1 atom stereocenters. The highest BCUT2D eigenvalue weighted by Gasteiger charge is 2.42. The van der Waals surface area contributed by atoms with Gasteiger partial charge in [-0.15, -0.1) is 0 Å². The van der Waals surface area contributed by atoms with Crippen molar-refractivity contribution in [1.29, 1.82) is 0 Å². The van der Waals surface area contributed by atoms with Crippen molar-refractivity contribution in [1.82, 2.24) is 10.4 Å². The summed E-state index contributed by atoms with van der Waals surface area (Å²) in [4.78, 5) is 41.0. The molecule has 0 radical (unpaired) electrons. The average molecular weight is 535 g/mol. The summed E-state index contributed by atoms with van der Waals surface area (Å²) >= 11 is 12.0. The summed E-state index contributed by atoms with van der Waals surface area (Å²) in [6, 6.07) is 20.1. The number of anilines is 2. The van der Waals surface area contributed by atoms with Gasteiger partial charge in [0.2, 0.25) is 16.9 Å². The number of thiocarbonyl (C=S) groups is 1. The molecule has 0 aromatic heterocycles. The van der Waals surface area contributed by atoms with E-state index in [0.29, 0.717) is 27.9 Å². The number of hydrazine groups is 1. The Balaban J connectivity index is 1.64. The smallest absolute Gasteiger partial charge is 0.269 e. The Morgan fingerprint density at radius 3 is 2.32 bits per heavy atom. The number of nitrogens with one attached hydrogen (secondary N) is 2. The van der Waals surface area contributed by atoms with Crippen LogP contribution in [0, 0.1) is 6.92 Å². The van der Waals surface area contributed by atoms with E-state index in [0.717, 1.165) is 11.1 Å². The predicted molar refractivity (Wildman–Crippen MR) is 150 cm³/mol. The molecule has 1 aliphatic rings. The summed E-state index contributed by atoms with van der Waals surface area (Å²) in [5, 5.41) is 4.56. The normalized spacial score (nSPS) is 15.6. The van der Waals surface area contributed by atoms with Crippen molar-refractivity contribution in [2.45, 2.75) is 39.2 Å². The number of carbonyl (C=O) groups is 3. The lowest BCUT2D eigenvalue weighted by atomic mass is 10.0. The van der Waals surface area contributed by atoms with Gasteiger partial charge in [0, 0.05) is 16.3 Å². The maximum Gasteiger partial charge on any atom is 0.269 e. The molecule has 1 heterocycles. The molecule has 190 valence electrons. The predicted octanol–water partition coefficient (Wildman–Crippen LogP) is 5.45. The van der Waals surface area contributed by atoms with Crippen molar-refractivity contribution in [3.8, 4) is 0 Å². The molecule has 0 aliphatic carbocycles. The maximum atomic E-state index is 13.4. The van der Waals surface area contributed by atoms with Crippen LogP contribution in [-0.2, 0) is 9.59 Å². The van der Waals surface area contributed by atoms with Gasteiger partial charge in [-0.1, -0.05) is 61.8 Å². The Bertz CT molecular complexity index is 1350. The van der Waals surface area contributed by atoms with Crippen LogP contribution in [0.4, 0.5) is 11.4 Å². The number of hydrogen-bond acceptors (Lipinski definition) is 4. The zero-order valence-electron chi connectivity index (χ0n) is 20.7. The first-order valence-corrected chi connectivity index (χ1v) is 12.6. The molecule has 7 nitrogen and oxygen atoms in total. The summed E-state index contributed by atoms with van der Waals surface area (Å²) in [6.45, 7) is 6.02. The second-order valence-electron chi connectivity index (χ2n) is 9.11. The van der Waals surface area contributed by atoms with Crippen LogP contribution in [0.2, 0.25) is 5.02 Å². The molecule has 9 heteroatoms. The van der Waals surface area contributed by atoms with E-state index in [1.807, 2.05) is 31.2 Å². The van der Waals surface area contributed by atoms with Crippen molar-refractivity contribution in [3.63, 3.8) is 0 Å². The fourth-order valence-corrected chi connectivity index (χ4v) is 4.50. The molecule has 4 rings (SSSR count). The molecule has 1 unspecified atom stereocenters. The van der Waals surface area contributed by atoms with Crippen LogP contribution in [0.3, 0.4) is 0 Å². The summed E-state index contributed by atoms with van der Waals surface area (Å²) in [6.07, 6.45) is -0.212. The average Bonchev–Trinajstić information content (AvgIpc) is 2.88. The molecule has 0 spiro atoms. The van der Waals surface area contributed by atoms with Crippen molar-refractivity contribution < 1.29 is 14.4 Å². The molecular formula is C28H27ClN4O3S. The van der Waals surface area contributed by atoms with E-state index in [9.17, 15) is 14.4 Å². The van der Waals surface area contributed by atoms with Crippen molar-refractivity contribution in [2.75, 3.05) is 10.2 Å². The first-order chi connectivity index (χ1) is 17.7. The Kier molecular flexibility index (Phi) is 7.90. The Morgan fingerprint density at radius 2 is 1.70 bits per heavy atom. The van der Waals surface area contributed by atoms with Gasteiger partial charge in [-0.3, -0.25) is 24.7 Å². The van der Waals surface area contributed by atoms with E-state index in [-0.39, 0.29) is 17.4 Å². The third kappa shape index (κ3) is 5.81. The largest absolute Gasteiger partial charge is 0.324 e. The minimum Gasteiger partial charge on any atom is -0.324 e. The van der Waals surface area contributed by atoms with E-state index >= 15 is 0 Å². The molecule has 1 aliphatic heterocycles. The first-order valence-electron chi connectivity index (χ1n) is 11.8. The lowest BCUT2D eigenvalue weighted by Gasteiger charge is -2.41. The fourth-order valence-electron chi connectivity index (χ4n) is 3.95. The van der Waals surface area contributed by atoms with Crippen molar-refractivity contribution in [3.05, 3.63) is 94.5 Å². The molecule has 3 amide bonds. The molecule has 2 N–H and O–H groups in total. The van der Waals surface area contributed by atoms with E-state index in [1.54, 1.807) is 48.5 Å². The number of hydrogen-bond donors (Lipinski definition) is 2. The zero-order valence-corrected chi connectivity index (χ0v) is 22.3. The van der Waals surface area contributed by atoms with Gasteiger partial charge in [0.05, 0.1) is 12.1 Å². The van der Waals surface area contributed by atoms with Crippen molar-refractivity contribution in [2.24, 2.45) is 0 Å². The Hall–Kier alpha value is -3.75. The van der Waals surface area contributed by atoms with Gasteiger partial charge in [0.15, 0.2) is 0 Å². The lowest BCUT2D eigenvalue weighted by Crippen LogP contribution is -2.65. The standard InChI is InChI=1S/C28H27ClN4O3S/c1-17(2)19-10-12-21(13-11-19)30-27(36)24-16-25(34)32(22-14-9-18(3)23(29)15-22)28(37)33(24)31-26(35)20-7-5-4-6-8-20/h4-15,17,24H,16H2,1-3H3,(H,30,36)(H,31,35). The second kappa shape index (κ2) is 11.1. The van der Waals surface area contributed by atoms with Crippen LogP contribution in [-0.4, -0.2) is 33.9 Å². The van der Waals surface area contributed by atoms with Crippen LogP contribution in [0.5, 0.6) is 0 Å². The molecular weight excluding hydrogens is 508 g/mol. The van der Waals surface area contributed by atoms with Gasteiger partial charge in [0.1, 0.15) is 6.04 Å². The highest BCUT2D eigenvalue weighted by molar-refractivity contribution is 7.80. The Labute approximate surface area is 226 Å². The SMILES string of the molecule is Cc1ccc(N2C(=O)CC(C(=O)Nc3ccc(C(C)C)cc3)N(NC(=O)c3ccccc3)C2=S)cc1Cl. The van der Waals surface area contributed by atoms with Gasteiger partial charge in [-0.05, 0) is 72.6 Å². The van der Waals surface area contributed by atoms with E-state index in [1.165, 1.54) is 9.91 Å². The van der Waals surface area contributed by atoms with Crippen LogP contribution in [0.1, 0.15) is 47.7 Å². The topological polar surface area (TPSA) is 81.8 Å². The minimum atomic E-state index is -1.06. The highest BCUT2D eigenvalue weighted by atomic mass is 35.5. The van der Waals surface area contributed by atoms with Gasteiger partial charge in [-0.25, -0.2) is 5.01 Å². The number of halogens is 1. The highest BCUT2D eigenvalue weighted by Crippen LogP contribution is 2.29. The molecule has 0 bridgehead atoms. The summed E-state index contributed by atoms with van der Waals surface area (Å²) in [5.74, 6) is -0.963. The van der Waals surface area contributed by atoms with Gasteiger partial charge in [0.25, 0.3) is 5.91 Å². The third-order valence-electron chi connectivity index (χ3n) is 6.15. The number of benzene rings is 3. The second-order valence-corrected chi connectivity index (χ2v) is 9.88. The quantitative estimate of drug-likeness (QED) is 0.411. The molecule has 1 fully saturated rings. The molecule has 0 saturated carbocycles. The minimum absolute atomic E-state index is 0.0317. The summed E-state index contributed by atoms with van der Waals surface area (Å²) in [5.41, 5.74) is 6.13. The van der Waals surface area contributed by atoms with Gasteiger partial charge in [-0.2, -0.15) is 0 Å². The lowest BCUT2D eigenvalue weighted by molar-refractivity contribution is -0.127. The number of amides is 3.